The lowest BCUT2D eigenvalue weighted by atomic mass is 9.94. The van der Waals surface area contributed by atoms with Crippen LogP contribution in [0, 0.1) is 0 Å². The van der Waals surface area contributed by atoms with Crippen molar-refractivity contribution in [3.05, 3.63) is 53.6 Å². The third kappa shape index (κ3) is 3.20. The number of carboxylic acids is 2. The maximum atomic E-state index is 11.8. The van der Waals surface area contributed by atoms with E-state index in [0.717, 1.165) is 11.7 Å². The van der Waals surface area contributed by atoms with Gasteiger partial charge in [-0.15, -0.1) is 0 Å². The maximum absolute atomic E-state index is 11.8. The number of methoxy groups -OCH3 is 1. The van der Waals surface area contributed by atoms with E-state index in [4.69, 9.17) is 4.74 Å². The highest BCUT2D eigenvalue weighted by molar-refractivity contribution is 7.00. The van der Waals surface area contributed by atoms with Gasteiger partial charge in [0.2, 0.25) is 0 Å². The minimum Gasteiger partial charge on any atom is -0.497 e. The van der Waals surface area contributed by atoms with Gasteiger partial charge in [-0.2, -0.15) is 8.75 Å². The number of hydrogen-bond donors (Lipinski definition) is 2. The topological polar surface area (TPSA) is 110 Å². The first-order chi connectivity index (χ1) is 12.0. The number of aromatic nitrogens is 2. The molecule has 0 unspecified atom stereocenters. The van der Waals surface area contributed by atoms with Gasteiger partial charge in [0.05, 0.1) is 30.0 Å². The molecular formula is C17H12N2O5S. The van der Waals surface area contributed by atoms with Crippen molar-refractivity contribution in [2.45, 2.75) is 0 Å². The molecule has 7 nitrogen and oxygen atoms in total. The van der Waals surface area contributed by atoms with Gasteiger partial charge in [0.1, 0.15) is 16.8 Å². The van der Waals surface area contributed by atoms with Crippen molar-refractivity contribution < 1.29 is 24.5 Å². The van der Waals surface area contributed by atoms with Crippen LogP contribution in [0.2, 0.25) is 0 Å². The lowest BCUT2D eigenvalue weighted by Gasteiger charge is -2.10. The second kappa shape index (κ2) is 6.70. The number of carboxylic acid groups (broad SMARTS) is 2. The molecule has 1 heterocycles. The fourth-order valence-corrected chi connectivity index (χ4v) is 2.96. The molecule has 0 saturated carbocycles. The molecule has 25 heavy (non-hydrogen) atoms. The number of hydrogen-bond acceptors (Lipinski definition) is 6. The molecule has 0 aliphatic heterocycles. The van der Waals surface area contributed by atoms with Crippen molar-refractivity contribution in [1.29, 1.82) is 0 Å². The van der Waals surface area contributed by atoms with Crippen LogP contribution in [0.1, 0.15) is 11.1 Å². The Labute approximate surface area is 146 Å². The lowest BCUT2D eigenvalue weighted by Crippen LogP contribution is -2.10. The van der Waals surface area contributed by atoms with Crippen LogP contribution in [-0.4, -0.2) is 38.0 Å². The van der Waals surface area contributed by atoms with Crippen molar-refractivity contribution in [3.63, 3.8) is 0 Å². The molecule has 8 heteroatoms. The zero-order valence-electron chi connectivity index (χ0n) is 13.0. The molecule has 0 saturated heterocycles. The van der Waals surface area contributed by atoms with Gasteiger partial charge in [0.15, 0.2) is 0 Å². The molecule has 0 bridgehead atoms. The maximum Gasteiger partial charge on any atom is 0.337 e. The summed E-state index contributed by atoms with van der Waals surface area (Å²) in [7, 11) is 1.49. The van der Waals surface area contributed by atoms with Crippen molar-refractivity contribution >= 4 is 45.8 Å². The number of aliphatic carboxylic acids is 2. The van der Waals surface area contributed by atoms with E-state index in [1.165, 1.54) is 31.4 Å². The third-order valence-electron chi connectivity index (χ3n) is 3.60. The summed E-state index contributed by atoms with van der Waals surface area (Å²) in [6.07, 6.45) is 0. The Bertz CT molecular complexity index is 992. The highest BCUT2D eigenvalue weighted by Crippen LogP contribution is 2.30. The fourth-order valence-electron chi connectivity index (χ4n) is 2.44. The predicted molar refractivity (Wildman–Crippen MR) is 92.5 cm³/mol. The van der Waals surface area contributed by atoms with E-state index in [-0.39, 0.29) is 22.3 Å². The SMILES string of the molecule is COc1ccc(/C(C(=O)O)=C(/C(=O)O)c2ccc3nsnc3c2)cc1. The molecule has 0 aliphatic carbocycles. The van der Waals surface area contributed by atoms with Gasteiger partial charge in [-0.3, -0.25) is 0 Å². The quantitative estimate of drug-likeness (QED) is 0.534. The summed E-state index contributed by atoms with van der Waals surface area (Å²) < 4.78 is 13.2. The zero-order valence-corrected chi connectivity index (χ0v) is 13.8. The van der Waals surface area contributed by atoms with E-state index in [2.05, 4.69) is 8.75 Å². The van der Waals surface area contributed by atoms with Crippen LogP contribution in [0.4, 0.5) is 0 Å². The van der Waals surface area contributed by atoms with Crippen molar-refractivity contribution in [2.75, 3.05) is 7.11 Å². The van der Waals surface area contributed by atoms with E-state index in [0.29, 0.717) is 16.8 Å². The summed E-state index contributed by atoms with van der Waals surface area (Å²) in [5.74, 6) is -2.13. The van der Waals surface area contributed by atoms with Crippen molar-refractivity contribution in [1.82, 2.24) is 8.75 Å². The normalized spacial score (nSPS) is 11.9. The molecule has 3 rings (SSSR count). The largest absolute Gasteiger partial charge is 0.497 e. The Morgan fingerprint density at radius 2 is 1.44 bits per heavy atom. The lowest BCUT2D eigenvalue weighted by molar-refractivity contribution is -0.132. The first-order valence-electron chi connectivity index (χ1n) is 7.09. The Balaban J connectivity index is 2.24. The molecule has 126 valence electrons. The van der Waals surface area contributed by atoms with Gasteiger partial charge in [-0.25, -0.2) is 9.59 Å². The van der Waals surface area contributed by atoms with Gasteiger partial charge in [0.25, 0.3) is 0 Å². The van der Waals surface area contributed by atoms with E-state index in [1.807, 2.05) is 0 Å². The Morgan fingerprint density at radius 1 is 0.880 bits per heavy atom. The smallest absolute Gasteiger partial charge is 0.337 e. The van der Waals surface area contributed by atoms with Crippen molar-refractivity contribution in [2.24, 2.45) is 0 Å². The second-order valence-electron chi connectivity index (χ2n) is 5.06. The van der Waals surface area contributed by atoms with Crippen LogP contribution in [0.25, 0.3) is 22.2 Å². The van der Waals surface area contributed by atoms with Crippen molar-refractivity contribution in [3.8, 4) is 5.75 Å². The van der Waals surface area contributed by atoms with E-state index in [1.54, 1.807) is 18.2 Å². The Morgan fingerprint density at radius 3 is 2.04 bits per heavy atom. The van der Waals surface area contributed by atoms with Gasteiger partial charge in [-0.1, -0.05) is 18.2 Å². The highest BCUT2D eigenvalue weighted by Gasteiger charge is 2.24. The van der Waals surface area contributed by atoms with Crippen LogP contribution < -0.4 is 4.74 Å². The van der Waals surface area contributed by atoms with Gasteiger partial charge in [-0.05, 0) is 35.4 Å². The number of carbonyl (C=O) groups is 2. The summed E-state index contributed by atoms with van der Waals surface area (Å²) in [5.41, 5.74) is 1.04. The fraction of sp³-hybridized carbons (Fsp3) is 0.0588. The molecule has 0 atom stereocenters. The molecule has 0 amide bonds. The molecule has 0 aliphatic rings. The highest BCUT2D eigenvalue weighted by atomic mass is 32.1. The van der Waals surface area contributed by atoms with Gasteiger partial charge in [0, 0.05) is 0 Å². The average Bonchev–Trinajstić information content (AvgIpc) is 3.06. The molecule has 0 fully saturated rings. The Kier molecular flexibility index (Phi) is 4.44. The minimum absolute atomic E-state index is 0.251. The monoisotopic (exact) mass is 356 g/mol. The molecule has 2 aromatic carbocycles. The molecule has 0 radical (unpaired) electrons. The predicted octanol–water partition coefficient (Wildman–Crippen LogP) is 2.78. The molecule has 0 spiro atoms. The Hall–Kier alpha value is -3.26. The number of nitrogens with zero attached hydrogens (tertiary/aromatic N) is 2. The molecular weight excluding hydrogens is 344 g/mol. The van der Waals surface area contributed by atoms with E-state index < -0.39 is 11.9 Å². The number of fused-ring (bicyclic) bond motifs is 1. The van der Waals surface area contributed by atoms with E-state index >= 15 is 0 Å². The summed E-state index contributed by atoms with van der Waals surface area (Å²) in [6.45, 7) is 0. The van der Waals surface area contributed by atoms with Crippen LogP contribution in [-0.2, 0) is 9.59 Å². The standard InChI is InChI=1S/C17H12N2O5S/c1-24-11-5-2-9(3-6-11)14(16(20)21)15(17(22)23)10-4-7-12-13(8-10)19-25-18-12/h2-8H,1H3,(H,20,21)(H,22,23)/b15-14-. The first kappa shape index (κ1) is 16.6. The third-order valence-corrected chi connectivity index (χ3v) is 4.16. The summed E-state index contributed by atoms with van der Waals surface area (Å²) >= 11 is 1.00. The molecule has 2 N–H and O–H groups in total. The minimum atomic E-state index is -1.34. The number of rotatable bonds is 5. The van der Waals surface area contributed by atoms with Crippen LogP contribution in [0.15, 0.2) is 42.5 Å². The summed E-state index contributed by atoms with van der Waals surface area (Å²) in [6, 6.07) is 10.8. The number of benzene rings is 2. The first-order valence-corrected chi connectivity index (χ1v) is 7.82. The van der Waals surface area contributed by atoms with Crippen LogP contribution in [0.5, 0.6) is 5.75 Å². The van der Waals surface area contributed by atoms with Gasteiger partial charge >= 0.3 is 11.9 Å². The zero-order chi connectivity index (χ0) is 18.0. The summed E-state index contributed by atoms with van der Waals surface area (Å²) in [5, 5.41) is 19.3. The summed E-state index contributed by atoms with van der Waals surface area (Å²) in [4.78, 5) is 23.6. The number of ether oxygens (including phenoxy) is 1. The van der Waals surface area contributed by atoms with Gasteiger partial charge < -0.3 is 14.9 Å². The molecule has 3 aromatic rings. The van der Waals surface area contributed by atoms with E-state index in [9.17, 15) is 19.8 Å². The van der Waals surface area contributed by atoms with Crippen LogP contribution in [0.3, 0.4) is 0 Å². The second-order valence-corrected chi connectivity index (χ2v) is 5.58. The molecule has 1 aromatic heterocycles. The average molecular weight is 356 g/mol. The van der Waals surface area contributed by atoms with Crippen LogP contribution >= 0.6 is 11.7 Å².